The van der Waals surface area contributed by atoms with Crippen LogP contribution in [0.1, 0.15) is 23.2 Å². The Kier molecular flexibility index (Phi) is 4.48. The lowest BCUT2D eigenvalue weighted by Crippen LogP contribution is -2.23. The maximum absolute atomic E-state index is 12.4. The summed E-state index contributed by atoms with van der Waals surface area (Å²) >= 11 is 3.39. The molecule has 3 aromatic rings. The van der Waals surface area contributed by atoms with Gasteiger partial charge in [-0.25, -0.2) is 9.97 Å². The van der Waals surface area contributed by atoms with Crippen molar-refractivity contribution in [2.75, 3.05) is 5.32 Å². The molecule has 124 valence electrons. The lowest BCUT2D eigenvalue weighted by molar-refractivity contribution is -0.116. The molecule has 0 aliphatic heterocycles. The van der Waals surface area contributed by atoms with Crippen LogP contribution < -0.4 is 10.9 Å². The SMILES string of the molecule is Cc1cc(Br)ccc1NC(=O)CCc1c(C)nc2nc[nH]n2c1=O. The van der Waals surface area contributed by atoms with Crippen molar-refractivity contribution < 1.29 is 4.79 Å². The maximum atomic E-state index is 12.4. The number of anilines is 1. The lowest BCUT2D eigenvalue weighted by atomic mass is 10.1. The molecule has 2 heterocycles. The smallest absolute Gasteiger partial charge is 0.277 e. The number of halogens is 1. The Morgan fingerprint density at radius 2 is 2.17 bits per heavy atom. The lowest BCUT2D eigenvalue weighted by Gasteiger charge is -2.09. The van der Waals surface area contributed by atoms with E-state index in [2.05, 4.69) is 36.3 Å². The molecule has 1 aromatic carbocycles. The first-order valence-corrected chi connectivity index (χ1v) is 8.22. The van der Waals surface area contributed by atoms with Crippen LogP contribution in [0.2, 0.25) is 0 Å². The van der Waals surface area contributed by atoms with E-state index in [-0.39, 0.29) is 17.9 Å². The minimum absolute atomic E-state index is 0.145. The van der Waals surface area contributed by atoms with Crippen molar-refractivity contribution in [1.29, 1.82) is 0 Å². The number of aromatic amines is 1. The standard InChI is InChI=1S/C16H16BrN5O2/c1-9-7-11(17)3-5-13(9)21-14(23)6-4-12-10(2)20-16-18-8-19-22(16)15(12)24/h3,5,7-8H,4,6H2,1-2H3,(H,21,23)(H,18,19,20). The third kappa shape index (κ3) is 3.23. The molecule has 3 rings (SSSR count). The number of nitrogens with zero attached hydrogens (tertiary/aromatic N) is 3. The first-order chi connectivity index (χ1) is 11.5. The summed E-state index contributed by atoms with van der Waals surface area (Å²) in [4.78, 5) is 32.8. The highest BCUT2D eigenvalue weighted by atomic mass is 79.9. The molecule has 8 heteroatoms. The average Bonchev–Trinajstić information content (AvgIpc) is 2.98. The van der Waals surface area contributed by atoms with Crippen molar-refractivity contribution in [2.24, 2.45) is 0 Å². The third-order valence-electron chi connectivity index (χ3n) is 3.80. The van der Waals surface area contributed by atoms with Crippen LogP contribution in [0.3, 0.4) is 0 Å². The summed E-state index contributed by atoms with van der Waals surface area (Å²) in [6, 6.07) is 5.65. The maximum Gasteiger partial charge on any atom is 0.277 e. The van der Waals surface area contributed by atoms with Gasteiger partial charge in [0, 0.05) is 22.1 Å². The molecule has 24 heavy (non-hydrogen) atoms. The van der Waals surface area contributed by atoms with E-state index in [1.165, 1.54) is 10.8 Å². The van der Waals surface area contributed by atoms with Gasteiger partial charge in [0.2, 0.25) is 5.91 Å². The largest absolute Gasteiger partial charge is 0.326 e. The molecule has 0 atom stereocenters. The van der Waals surface area contributed by atoms with E-state index in [1.807, 2.05) is 25.1 Å². The van der Waals surface area contributed by atoms with Crippen molar-refractivity contribution in [3.8, 4) is 0 Å². The molecule has 0 radical (unpaired) electrons. The number of hydrogen-bond acceptors (Lipinski definition) is 4. The molecule has 0 fully saturated rings. The monoisotopic (exact) mass is 389 g/mol. The van der Waals surface area contributed by atoms with Gasteiger partial charge in [0.05, 0.1) is 5.69 Å². The van der Waals surface area contributed by atoms with Crippen LogP contribution in [0.15, 0.2) is 33.8 Å². The van der Waals surface area contributed by atoms with Crippen LogP contribution in [0.4, 0.5) is 5.69 Å². The number of hydrogen-bond donors (Lipinski definition) is 2. The molecule has 0 aliphatic rings. The fourth-order valence-corrected chi connectivity index (χ4v) is 2.98. The van der Waals surface area contributed by atoms with Gasteiger partial charge < -0.3 is 5.32 Å². The van der Waals surface area contributed by atoms with E-state index in [1.54, 1.807) is 6.92 Å². The Hall–Kier alpha value is -2.48. The molecule has 0 unspecified atom stereocenters. The van der Waals surface area contributed by atoms with E-state index in [0.717, 1.165) is 15.7 Å². The minimum Gasteiger partial charge on any atom is -0.326 e. The summed E-state index contributed by atoms with van der Waals surface area (Å²) in [6.45, 7) is 3.68. The number of fused-ring (bicyclic) bond motifs is 1. The number of rotatable bonds is 4. The Bertz CT molecular complexity index is 976. The van der Waals surface area contributed by atoms with E-state index in [0.29, 0.717) is 23.5 Å². The summed E-state index contributed by atoms with van der Waals surface area (Å²) in [5, 5.41) is 5.59. The van der Waals surface area contributed by atoms with Gasteiger partial charge in [0.1, 0.15) is 6.33 Å². The molecule has 0 saturated heterocycles. The number of aryl methyl sites for hydroxylation is 2. The van der Waals surface area contributed by atoms with Gasteiger partial charge in [-0.1, -0.05) is 15.9 Å². The fourth-order valence-electron chi connectivity index (χ4n) is 2.50. The van der Waals surface area contributed by atoms with E-state index >= 15 is 0 Å². The van der Waals surface area contributed by atoms with Crippen molar-refractivity contribution in [3.05, 3.63) is 56.2 Å². The highest BCUT2D eigenvalue weighted by molar-refractivity contribution is 9.10. The average molecular weight is 390 g/mol. The van der Waals surface area contributed by atoms with Gasteiger partial charge in [-0.3, -0.25) is 14.7 Å². The van der Waals surface area contributed by atoms with E-state index < -0.39 is 0 Å². The second-order valence-electron chi connectivity index (χ2n) is 5.51. The van der Waals surface area contributed by atoms with E-state index in [4.69, 9.17) is 0 Å². The first kappa shape index (κ1) is 16.4. The number of carbonyl (C=O) groups is 1. The first-order valence-electron chi connectivity index (χ1n) is 7.43. The zero-order valence-corrected chi connectivity index (χ0v) is 14.8. The van der Waals surface area contributed by atoms with Crippen molar-refractivity contribution >= 4 is 33.3 Å². The van der Waals surface area contributed by atoms with Crippen molar-refractivity contribution in [3.63, 3.8) is 0 Å². The van der Waals surface area contributed by atoms with Crippen LogP contribution in [-0.4, -0.2) is 25.5 Å². The summed E-state index contributed by atoms with van der Waals surface area (Å²) in [5.41, 5.74) is 2.62. The number of aromatic nitrogens is 4. The van der Waals surface area contributed by atoms with E-state index in [9.17, 15) is 9.59 Å². The molecule has 0 bridgehead atoms. The summed E-state index contributed by atoms with van der Waals surface area (Å²) in [5.74, 6) is 0.185. The fraction of sp³-hybridized carbons (Fsp3) is 0.250. The molecular weight excluding hydrogens is 374 g/mol. The van der Waals surface area contributed by atoms with Gasteiger partial charge in [-0.15, -0.1) is 0 Å². The number of benzene rings is 1. The van der Waals surface area contributed by atoms with Crippen LogP contribution in [0.5, 0.6) is 0 Å². The Morgan fingerprint density at radius 1 is 1.38 bits per heavy atom. The molecule has 2 N–H and O–H groups in total. The summed E-state index contributed by atoms with van der Waals surface area (Å²) < 4.78 is 2.24. The third-order valence-corrected chi connectivity index (χ3v) is 4.29. The normalized spacial score (nSPS) is 11.0. The second-order valence-corrected chi connectivity index (χ2v) is 6.43. The van der Waals surface area contributed by atoms with Gasteiger partial charge >= 0.3 is 0 Å². The minimum atomic E-state index is -0.220. The number of nitrogens with one attached hydrogen (secondary N) is 2. The van der Waals surface area contributed by atoms with Crippen molar-refractivity contribution in [1.82, 2.24) is 19.6 Å². The van der Waals surface area contributed by atoms with Crippen LogP contribution in [0.25, 0.3) is 5.78 Å². The van der Waals surface area contributed by atoms with Crippen LogP contribution >= 0.6 is 15.9 Å². The van der Waals surface area contributed by atoms with Gasteiger partial charge in [0.15, 0.2) is 0 Å². The highest BCUT2D eigenvalue weighted by Gasteiger charge is 2.13. The zero-order chi connectivity index (χ0) is 17.3. The molecule has 0 spiro atoms. The van der Waals surface area contributed by atoms with Gasteiger partial charge in [-0.2, -0.15) is 4.52 Å². The molecule has 2 aromatic heterocycles. The number of amides is 1. The molecule has 7 nitrogen and oxygen atoms in total. The van der Waals surface area contributed by atoms with Gasteiger partial charge in [0.25, 0.3) is 11.3 Å². The summed E-state index contributed by atoms with van der Waals surface area (Å²) in [6.07, 6.45) is 1.93. The topological polar surface area (TPSA) is 92.2 Å². The summed E-state index contributed by atoms with van der Waals surface area (Å²) in [7, 11) is 0. The molecule has 0 saturated carbocycles. The molecular formula is C16H16BrN5O2. The Balaban J connectivity index is 1.73. The Morgan fingerprint density at radius 3 is 2.92 bits per heavy atom. The number of carbonyl (C=O) groups excluding carboxylic acids is 1. The number of H-pyrrole nitrogens is 1. The molecule has 1 amide bonds. The quantitative estimate of drug-likeness (QED) is 0.716. The zero-order valence-electron chi connectivity index (χ0n) is 13.3. The Labute approximate surface area is 146 Å². The second kappa shape index (κ2) is 6.56. The predicted octanol–water partition coefficient (Wildman–Crippen LogP) is 2.37. The predicted molar refractivity (Wildman–Crippen MR) is 94.2 cm³/mol. The molecule has 0 aliphatic carbocycles. The van der Waals surface area contributed by atoms with Crippen LogP contribution in [0, 0.1) is 13.8 Å². The van der Waals surface area contributed by atoms with Crippen LogP contribution in [-0.2, 0) is 11.2 Å². The van der Waals surface area contributed by atoms with Gasteiger partial charge in [-0.05, 0) is 44.0 Å². The highest BCUT2D eigenvalue weighted by Crippen LogP contribution is 2.20. The van der Waals surface area contributed by atoms with Crippen molar-refractivity contribution in [2.45, 2.75) is 26.7 Å².